The number of hydrogen-bond acceptors (Lipinski definition) is 9. The van der Waals surface area contributed by atoms with Gasteiger partial charge in [-0.1, -0.05) is 23.7 Å². The van der Waals surface area contributed by atoms with Gasteiger partial charge in [0.2, 0.25) is 5.95 Å². The smallest absolute Gasteiger partial charge is 0.231 e. The van der Waals surface area contributed by atoms with Gasteiger partial charge in [-0.05, 0) is 12.5 Å². The van der Waals surface area contributed by atoms with Crippen molar-refractivity contribution < 1.29 is 15.3 Å². The Balaban J connectivity index is 1.92. The zero-order valence-corrected chi connectivity index (χ0v) is 14.7. The largest absolute Gasteiger partial charge is 0.508 e. The molecule has 10 nitrogen and oxygen atoms in total. The zero-order valence-electron chi connectivity index (χ0n) is 13.9. The lowest BCUT2D eigenvalue weighted by atomic mass is 10.2. The third kappa shape index (κ3) is 3.55. The molecule has 3 rings (SSSR count). The van der Waals surface area contributed by atoms with Crippen molar-refractivity contribution in [2.45, 2.75) is 19.9 Å². The van der Waals surface area contributed by atoms with Crippen molar-refractivity contribution in [3.05, 3.63) is 22.7 Å². The summed E-state index contributed by atoms with van der Waals surface area (Å²) < 4.78 is 0. The lowest BCUT2D eigenvalue weighted by Gasteiger charge is -2.19. The Labute approximate surface area is 153 Å². The second-order valence-corrected chi connectivity index (χ2v) is 5.98. The number of phenolic OH excluding ortho intramolecular Hbond substituents is 2. The minimum atomic E-state index is -0.230. The quantitative estimate of drug-likeness (QED) is 0.305. The van der Waals surface area contributed by atoms with E-state index in [0.717, 1.165) is 6.42 Å². The SMILES string of the molecule is CCCN(CO)c1nc(NCc2cc(O)c(Cl)cc2O)c2nn[nH]c2n1. The van der Waals surface area contributed by atoms with Crippen molar-refractivity contribution in [2.24, 2.45) is 0 Å². The first-order valence-corrected chi connectivity index (χ1v) is 8.30. The molecule has 26 heavy (non-hydrogen) atoms. The summed E-state index contributed by atoms with van der Waals surface area (Å²) in [7, 11) is 0. The predicted molar refractivity (Wildman–Crippen MR) is 96.3 cm³/mol. The van der Waals surface area contributed by atoms with E-state index in [1.165, 1.54) is 12.1 Å². The van der Waals surface area contributed by atoms with Gasteiger partial charge in [-0.15, -0.1) is 5.10 Å². The first-order valence-electron chi connectivity index (χ1n) is 7.92. The van der Waals surface area contributed by atoms with Gasteiger partial charge in [0.1, 0.15) is 18.2 Å². The monoisotopic (exact) mass is 379 g/mol. The third-order valence-electron chi connectivity index (χ3n) is 3.72. The summed E-state index contributed by atoms with van der Waals surface area (Å²) >= 11 is 5.77. The van der Waals surface area contributed by atoms with E-state index >= 15 is 0 Å². The molecular formula is C15H18ClN7O3. The number of aromatic nitrogens is 5. The molecule has 0 fully saturated rings. The molecule has 0 aliphatic heterocycles. The number of aromatic amines is 1. The van der Waals surface area contributed by atoms with Gasteiger partial charge in [0.15, 0.2) is 17.0 Å². The number of rotatable bonds is 7. The lowest BCUT2D eigenvalue weighted by molar-refractivity contribution is 0.288. The minimum Gasteiger partial charge on any atom is -0.508 e. The predicted octanol–water partition coefficient (Wildman–Crippen LogP) is 1.59. The molecule has 2 aromatic heterocycles. The molecule has 0 saturated carbocycles. The van der Waals surface area contributed by atoms with Crippen LogP contribution in [0.1, 0.15) is 18.9 Å². The molecule has 138 valence electrons. The fourth-order valence-electron chi connectivity index (χ4n) is 2.42. The highest BCUT2D eigenvalue weighted by molar-refractivity contribution is 6.32. The number of nitrogens with zero attached hydrogens (tertiary/aromatic N) is 5. The van der Waals surface area contributed by atoms with Gasteiger partial charge in [0, 0.05) is 24.7 Å². The molecule has 0 atom stereocenters. The Morgan fingerprint density at radius 1 is 1.23 bits per heavy atom. The van der Waals surface area contributed by atoms with Crippen LogP contribution in [0.5, 0.6) is 11.5 Å². The number of aliphatic hydroxyl groups excluding tert-OH is 1. The second-order valence-electron chi connectivity index (χ2n) is 5.57. The van der Waals surface area contributed by atoms with Gasteiger partial charge in [-0.2, -0.15) is 9.97 Å². The van der Waals surface area contributed by atoms with E-state index in [-0.39, 0.29) is 29.8 Å². The standard InChI is InChI=1S/C15H18ClN7O3/c1-2-3-23(7-24)15-18-13(12-14(19-15)21-22-20-12)17-6-8-4-11(26)9(16)5-10(8)25/h4-5,24-26H,2-3,6-7H2,1H3,(H2,17,18,19,20,21,22). The fourth-order valence-corrected chi connectivity index (χ4v) is 2.58. The number of H-pyrrole nitrogens is 1. The molecule has 0 bridgehead atoms. The van der Waals surface area contributed by atoms with Crippen LogP contribution in [0.25, 0.3) is 11.2 Å². The molecule has 3 aromatic rings. The average Bonchev–Trinajstić information content (AvgIpc) is 3.10. The van der Waals surface area contributed by atoms with Crippen molar-refractivity contribution >= 4 is 34.5 Å². The van der Waals surface area contributed by atoms with Crippen molar-refractivity contribution in [1.29, 1.82) is 0 Å². The normalized spacial score (nSPS) is 11.0. The Morgan fingerprint density at radius 2 is 2.04 bits per heavy atom. The number of phenols is 2. The van der Waals surface area contributed by atoms with Crippen LogP contribution in [0.15, 0.2) is 12.1 Å². The molecule has 5 N–H and O–H groups in total. The maximum Gasteiger partial charge on any atom is 0.231 e. The molecule has 0 unspecified atom stereocenters. The number of anilines is 2. The molecule has 11 heteroatoms. The maximum absolute atomic E-state index is 9.97. The van der Waals surface area contributed by atoms with E-state index in [1.807, 2.05) is 6.92 Å². The maximum atomic E-state index is 9.97. The van der Waals surface area contributed by atoms with E-state index in [4.69, 9.17) is 11.6 Å². The number of benzene rings is 1. The lowest BCUT2D eigenvalue weighted by Crippen LogP contribution is -2.27. The highest BCUT2D eigenvalue weighted by atomic mass is 35.5. The number of hydrogen-bond donors (Lipinski definition) is 5. The van der Waals surface area contributed by atoms with Gasteiger partial charge in [-0.3, -0.25) is 0 Å². The van der Waals surface area contributed by atoms with E-state index in [1.54, 1.807) is 4.90 Å². The molecule has 0 aliphatic carbocycles. The molecular weight excluding hydrogens is 362 g/mol. The summed E-state index contributed by atoms with van der Waals surface area (Å²) in [6.45, 7) is 2.48. The van der Waals surface area contributed by atoms with Gasteiger partial charge in [0.25, 0.3) is 0 Å². The summed E-state index contributed by atoms with van der Waals surface area (Å²) in [6, 6.07) is 2.63. The van der Waals surface area contributed by atoms with Crippen LogP contribution in [0, 0.1) is 0 Å². The summed E-state index contributed by atoms with van der Waals surface area (Å²) in [5, 5.41) is 42.7. The zero-order chi connectivity index (χ0) is 18.7. The first-order chi connectivity index (χ1) is 12.5. The number of nitrogens with one attached hydrogen (secondary N) is 2. The molecule has 0 saturated heterocycles. The van der Waals surface area contributed by atoms with Crippen LogP contribution in [-0.2, 0) is 6.54 Å². The van der Waals surface area contributed by atoms with Crippen LogP contribution in [0.4, 0.5) is 11.8 Å². The first kappa shape index (κ1) is 18.0. The highest BCUT2D eigenvalue weighted by Crippen LogP contribution is 2.31. The van der Waals surface area contributed by atoms with Crippen molar-refractivity contribution in [1.82, 2.24) is 25.4 Å². The third-order valence-corrected chi connectivity index (χ3v) is 4.02. The fraction of sp³-hybridized carbons (Fsp3) is 0.333. The van der Waals surface area contributed by atoms with Crippen LogP contribution in [0.2, 0.25) is 5.02 Å². The molecule has 1 aromatic carbocycles. The van der Waals surface area contributed by atoms with Crippen LogP contribution in [0.3, 0.4) is 0 Å². The van der Waals surface area contributed by atoms with Crippen molar-refractivity contribution in [3.63, 3.8) is 0 Å². The van der Waals surface area contributed by atoms with E-state index < -0.39 is 0 Å². The van der Waals surface area contributed by atoms with Crippen molar-refractivity contribution in [2.75, 3.05) is 23.5 Å². The van der Waals surface area contributed by atoms with Crippen molar-refractivity contribution in [3.8, 4) is 11.5 Å². The van der Waals surface area contributed by atoms with Crippen LogP contribution in [-0.4, -0.2) is 54.0 Å². The molecule has 0 aliphatic rings. The Kier molecular flexibility index (Phi) is 5.24. The van der Waals surface area contributed by atoms with E-state index in [9.17, 15) is 15.3 Å². The van der Waals surface area contributed by atoms with Gasteiger partial charge in [-0.25, -0.2) is 5.10 Å². The average molecular weight is 380 g/mol. The number of fused-ring (bicyclic) bond motifs is 1. The number of halogens is 1. The number of aromatic hydroxyl groups is 2. The van der Waals surface area contributed by atoms with Crippen LogP contribution < -0.4 is 10.2 Å². The summed E-state index contributed by atoms with van der Waals surface area (Å²) in [4.78, 5) is 10.3. The number of aliphatic hydroxyl groups is 1. The second kappa shape index (κ2) is 7.58. The van der Waals surface area contributed by atoms with E-state index in [2.05, 4.69) is 30.7 Å². The Hall–Kier alpha value is -2.85. The van der Waals surface area contributed by atoms with Gasteiger partial charge >= 0.3 is 0 Å². The van der Waals surface area contributed by atoms with Gasteiger partial charge < -0.3 is 25.5 Å². The molecule has 0 spiro atoms. The highest BCUT2D eigenvalue weighted by Gasteiger charge is 2.16. The molecule has 0 amide bonds. The molecule has 2 heterocycles. The topological polar surface area (TPSA) is 143 Å². The Bertz CT molecular complexity index is 918. The summed E-state index contributed by atoms with van der Waals surface area (Å²) in [5.74, 6) is 0.500. The molecule has 0 radical (unpaired) electrons. The minimum absolute atomic E-state index is 0.0612. The van der Waals surface area contributed by atoms with Crippen LogP contribution >= 0.6 is 11.6 Å². The summed E-state index contributed by atoms with van der Waals surface area (Å²) in [6.07, 6.45) is 0.809. The summed E-state index contributed by atoms with van der Waals surface area (Å²) in [5.41, 5.74) is 1.26. The van der Waals surface area contributed by atoms with Gasteiger partial charge in [0.05, 0.1) is 5.02 Å². The van der Waals surface area contributed by atoms with E-state index in [0.29, 0.717) is 35.0 Å². The Morgan fingerprint density at radius 3 is 2.77 bits per heavy atom.